The van der Waals surface area contributed by atoms with Crippen LogP contribution in [0.15, 0.2) is 28.7 Å². The number of hydrogen-bond acceptors (Lipinski definition) is 5. The summed E-state index contributed by atoms with van der Waals surface area (Å²) in [7, 11) is 0. The third kappa shape index (κ3) is 3.00. The van der Waals surface area contributed by atoms with Gasteiger partial charge in [-0.15, -0.1) is 10.2 Å². The van der Waals surface area contributed by atoms with Gasteiger partial charge in [0.2, 0.25) is 11.8 Å². The first kappa shape index (κ1) is 12.3. The Hall–Kier alpha value is -1.72. The SMILES string of the molecule is Cc1ccc(-c2nnc(CN3CCNCC3)o2)cc1. The van der Waals surface area contributed by atoms with Gasteiger partial charge in [0, 0.05) is 31.7 Å². The van der Waals surface area contributed by atoms with E-state index in [1.165, 1.54) is 5.56 Å². The van der Waals surface area contributed by atoms with Crippen molar-refractivity contribution in [1.82, 2.24) is 20.4 Å². The van der Waals surface area contributed by atoms with Crippen LogP contribution in [0.4, 0.5) is 0 Å². The average Bonchev–Trinajstić information content (AvgIpc) is 2.89. The second kappa shape index (κ2) is 5.50. The Kier molecular flexibility index (Phi) is 3.57. The van der Waals surface area contributed by atoms with Gasteiger partial charge in [0.25, 0.3) is 0 Å². The molecule has 0 radical (unpaired) electrons. The second-order valence-corrected chi connectivity index (χ2v) is 4.89. The van der Waals surface area contributed by atoms with E-state index in [-0.39, 0.29) is 0 Å². The molecule has 0 saturated carbocycles. The Balaban J connectivity index is 1.70. The highest BCUT2D eigenvalue weighted by atomic mass is 16.4. The lowest BCUT2D eigenvalue weighted by atomic mass is 10.1. The van der Waals surface area contributed by atoms with Crippen molar-refractivity contribution in [2.75, 3.05) is 26.2 Å². The molecule has 5 nitrogen and oxygen atoms in total. The highest BCUT2D eigenvalue weighted by molar-refractivity contribution is 5.52. The van der Waals surface area contributed by atoms with Crippen molar-refractivity contribution in [1.29, 1.82) is 0 Å². The number of aromatic nitrogens is 2. The van der Waals surface area contributed by atoms with Gasteiger partial charge < -0.3 is 9.73 Å². The first-order valence-electron chi connectivity index (χ1n) is 6.64. The predicted octanol–water partition coefficient (Wildman–Crippen LogP) is 1.45. The van der Waals surface area contributed by atoms with Crippen molar-refractivity contribution < 1.29 is 4.42 Å². The van der Waals surface area contributed by atoms with E-state index in [0.717, 1.165) is 38.3 Å². The zero-order valence-electron chi connectivity index (χ0n) is 11.1. The molecular weight excluding hydrogens is 240 g/mol. The molecule has 1 saturated heterocycles. The van der Waals surface area contributed by atoms with E-state index in [1.54, 1.807) is 0 Å². The first-order chi connectivity index (χ1) is 9.31. The van der Waals surface area contributed by atoms with Crippen molar-refractivity contribution in [2.24, 2.45) is 0 Å². The van der Waals surface area contributed by atoms with Crippen LogP contribution in [-0.4, -0.2) is 41.3 Å². The lowest BCUT2D eigenvalue weighted by Gasteiger charge is -2.25. The molecule has 1 aromatic carbocycles. The third-order valence-electron chi connectivity index (χ3n) is 3.33. The molecule has 1 aromatic heterocycles. The molecule has 5 heteroatoms. The molecule has 1 fully saturated rings. The van der Waals surface area contributed by atoms with Gasteiger partial charge in [-0.05, 0) is 19.1 Å². The molecular formula is C14H18N4O. The maximum atomic E-state index is 5.73. The zero-order chi connectivity index (χ0) is 13.1. The fraction of sp³-hybridized carbons (Fsp3) is 0.429. The molecule has 0 spiro atoms. The van der Waals surface area contributed by atoms with Crippen LogP contribution in [0.25, 0.3) is 11.5 Å². The molecule has 0 amide bonds. The van der Waals surface area contributed by atoms with Crippen LogP contribution in [0, 0.1) is 6.92 Å². The van der Waals surface area contributed by atoms with Crippen molar-refractivity contribution in [3.8, 4) is 11.5 Å². The number of nitrogens with one attached hydrogen (secondary N) is 1. The van der Waals surface area contributed by atoms with E-state index in [2.05, 4.69) is 39.5 Å². The highest BCUT2D eigenvalue weighted by Gasteiger charge is 2.14. The molecule has 1 aliphatic rings. The van der Waals surface area contributed by atoms with E-state index in [4.69, 9.17) is 4.42 Å². The molecule has 1 aliphatic heterocycles. The summed E-state index contributed by atoms with van der Waals surface area (Å²) in [6.45, 7) is 6.91. The largest absolute Gasteiger partial charge is 0.419 e. The minimum atomic E-state index is 0.602. The van der Waals surface area contributed by atoms with Gasteiger partial charge in [-0.3, -0.25) is 4.90 Å². The number of rotatable bonds is 3. The Morgan fingerprint density at radius 3 is 2.63 bits per heavy atom. The molecule has 19 heavy (non-hydrogen) atoms. The van der Waals surface area contributed by atoms with E-state index in [0.29, 0.717) is 11.8 Å². The Bertz CT molecular complexity index is 529. The van der Waals surface area contributed by atoms with Crippen LogP contribution in [0.1, 0.15) is 11.5 Å². The van der Waals surface area contributed by atoms with Crippen molar-refractivity contribution in [3.05, 3.63) is 35.7 Å². The van der Waals surface area contributed by atoms with Gasteiger partial charge in [-0.25, -0.2) is 0 Å². The summed E-state index contributed by atoms with van der Waals surface area (Å²) >= 11 is 0. The molecule has 0 atom stereocenters. The third-order valence-corrected chi connectivity index (χ3v) is 3.33. The Morgan fingerprint density at radius 2 is 1.89 bits per heavy atom. The molecule has 2 heterocycles. The number of aryl methyl sites for hydroxylation is 1. The lowest BCUT2D eigenvalue weighted by Crippen LogP contribution is -2.42. The topological polar surface area (TPSA) is 54.2 Å². The highest BCUT2D eigenvalue weighted by Crippen LogP contribution is 2.18. The normalized spacial score (nSPS) is 16.7. The summed E-state index contributed by atoms with van der Waals surface area (Å²) in [5, 5.41) is 11.6. The van der Waals surface area contributed by atoms with Crippen LogP contribution in [-0.2, 0) is 6.54 Å². The van der Waals surface area contributed by atoms with Crippen LogP contribution in [0.2, 0.25) is 0 Å². The van der Waals surface area contributed by atoms with Crippen molar-refractivity contribution in [3.63, 3.8) is 0 Å². The smallest absolute Gasteiger partial charge is 0.247 e. The molecule has 3 rings (SSSR count). The van der Waals surface area contributed by atoms with Crippen molar-refractivity contribution in [2.45, 2.75) is 13.5 Å². The van der Waals surface area contributed by atoms with Crippen molar-refractivity contribution >= 4 is 0 Å². The Morgan fingerprint density at radius 1 is 1.16 bits per heavy atom. The van der Waals surface area contributed by atoms with E-state index in [9.17, 15) is 0 Å². The van der Waals surface area contributed by atoms with Gasteiger partial charge in [0.1, 0.15) is 0 Å². The molecule has 2 aromatic rings. The van der Waals surface area contributed by atoms with E-state index < -0.39 is 0 Å². The number of benzene rings is 1. The number of piperazine rings is 1. The maximum absolute atomic E-state index is 5.73. The minimum absolute atomic E-state index is 0.602. The molecule has 0 bridgehead atoms. The fourth-order valence-corrected chi connectivity index (χ4v) is 2.19. The number of nitrogens with zero attached hydrogens (tertiary/aromatic N) is 3. The summed E-state index contributed by atoms with van der Waals surface area (Å²) < 4.78 is 5.73. The van der Waals surface area contributed by atoms with Crippen LogP contribution in [0.3, 0.4) is 0 Å². The van der Waals surface area contributed by atoms with Crippen LogP contribution >= 0.6 is 0 Å². The molecule has 100 valence electrons. The minimum Gasteiger partial charge on any atom is -0.419 e. The zero-order valence-corrected chi connectivity index (χ0v) is 11.1. The van der Waals surface area contributed by atoms with Gasteiger partial charge in [-0.2, -0.15) is 0 Å². The standard InChI is InChI=1S/C14H18N4O/c1-11-2-4-12(5-3-11)14-17-16-13(19-14)10-18-8-6-15-7-9-18/h2-5,15H,6-10H2,1H3. The number of hydrogen-bond donors (Lipinski definition) is 1. The van der Waals surface area contributed by atoms with Crippen LogP contribution in [0.5, 0.6) is 0 Å². The second-order valence-electron chi connectivity index (χ2n) is 4.89. The monoisotopic (exact) mass is 258 g/mol. The quantitative estimate of drug-likeness (QED) is 0.903. The summed E-state index contributed by atoms with van der Waals surface area (Å²) in [4.78, 5) is 2.32. The van der Waals surface area contributed by atoms with E-state index >= 15 is 0 Å². The summed E-state index contributed by atoms with van der Waals surface area (Å²) in [6.07, 6.45) is 0. The maximum Gasteiger partial charge on any atom is 0.247 e. The van der Waals surface area contributed by atoms with Crippen LogP contribution < -0.4 is 5.32 Å². The van der Waals surface area contributed by atoms with E-state index in [1.807, 2.05) is 12.1 Å². The van der Waals surface area contributed by atoms with Gasteiger partial charge in [0.15, 0.2) is 0 Å². The summed E-state index contributed by atoms with van der Waals surface area (Å²) in [5.41, 5.74) is 2.20. The first-order valence-corrected chi connectivity index (χ1v) is 6.64. The molecule has 1 N–H and O–H groups in total. The van der Waals surface area contributed by atoms with Gasteiger partial charge in [-0.1, -0.05) is 17.7 Å². The average molecular weight is 258 g/mol. The summed E-state index contributed by atoms with van der Waals surface area (Å²) in [5.74, 6) is 1.29. The van der Waals surface area contributed by atoms with Gasteiger partial charge in [0.05, 0.1) is 6.54 Å². The molecule has 0 aliphatic carbocycles. The summed E-state index contributed by atoms with van der Waals surface area (Å²) in [6, 6.07) is 8.12. The molecule has 0 unspecified atom stereocenters. The fourth-order valence-electron chi connectivity index (χ4n) is 2.19. The van der Waals surface area contributed by atoms with Gasteiger partial charge >= 0.3 is 0 Å². The Labute approximate surface area is 112 Å². The predicted molar refractivity (Wildman–Crippen MR) is 72.6 cm³/mol. The lowest BCUT2D eigenvalue weighted by molar-refractivity contribution is 0.213.